The van der Waals surface area contributed by atoms with Gasteiger partial charge in [-0.25, -0.2) is 9.59 Å². The lowest BCUT2D eigenvalue weighted by atomic mass is 9.65. The molecule has 3 N–H and O–H groups in total. The quantitative estimate of drug-likeness (QED) is 0.431. The molecule has 1 heterocycles. The highest BCUT2D eigenvalue weighted by Gasteiger charge is 2.50. The van der Waals surface area contributed by atoms with Crippen molar-refractivity contribution >= 4 is 17.7 Å². The molecule has 2 aliphatic rings. The number of aliphatic carboxylic acids is 1. The number of rotatable bonds is 7. The van der Waals surface area contributed by atoms with E-state index in [1.807, 2.05) is 6.07 Å². The summed E-state index contributed by atoms with van der Waals surface area (Å²) in [5.41, 5.74) is 1.95. The summed E-state index contributed by atoms with van der Waals surface area (Å²) < 4.78 is 53.4. The molecule has 4 rings (SSSR count). The zero-order valence-electron chi connectivity index (χ0n) is 23.6. The fourth-order valence-electron chi connectivity index (χ4n) is 5.63. The number of hydrogen-bond donors (Lipinski definition) is 3. The Bertz CT molecular complexity index is 1200. The van der Waals surface area contributed by atoms with E-state index in [1.165, 1.54) is 5.56 Å². The minimum absolute atomic E-state index is 0.0448. The van der Waals surface area contributed by atoms with E-state index in [9.17, 15) is 18.0 Å². The topological polar surface area (TPSA) is 119 Å². The highest BCUT2D eigenvalue weighted by Crippen LogP contribution is 2.49. The van der Waals surface area contributed by atoms with Crippen LogP contribution in [-0.2, 0) is 10.2 Å². The molecule has 1 aliphatic heterocycles. The second-order valence-electron chi connectivity index (χ2n) is 9.95. The average molecular weight is 584 g/mol. The van der Waals surface area contributed by atoms with Gasteiger partial charge in [0.25, 0.3) is 0 Å². The number of urea groups is 1. The van der Waals surface area contributed by atoms with E-state index in [4.69, 9.17) is 28.8 Å². The second kappa shape index (κ2) is 13.2. The maximum atomic E-state index is 12.8. The number of nitrogens with one attached hydrogen (secondary N) is 2. The third kappa shape index (κ3) is 7.46. The number of likely N-dealkylation sites (N-methyl/N-ethyl adjacent to an activating group) is 1. The maximum Gasteiger partial charge on any atom is 0.490 e. The number of nitrogens with zero attached hydrogens (tertiary/aromatic N) is 1. The van der Waals surface area contributed by atoms with Crippen LogP contribution in [0.1, 0.15) is 31.2 Å². The standard InChI is InChI=1S/C26H35N3O5.C2HF3O2/c1-29-11-10-26(17-6-7-22(33-4)23(12-17)34-5)9-8-18(15-24(26)29)27-25(30)28-19-13-20(31-2)16-21(14-19)32-3;3-2(4,5)1(6)7/h6-7,12-14,16,18,24H,8-11,15H2,1-5H3,(H2,27,28,30);(H,6,7)/t18-,24+,26+;/m1./s1. The first-order valence-corrected chi connectivity index (χ1v) is 12.9. The van der Waals surface area contributed by atoms with Crippen LogP contribution in [0.15, 0.2) is 36.4 Å². The van der Waals surface area contributed by atoms with Gasteiger partial charge in [0.05, 0.1) is 28.4 Å². The van der Waals surface area contributed by atoms with Crippen LogP contribution in [0.5, 0.6) is 23.0 Å². The van der Waals surface area contributed by atoms with Crippen LogP contribution in [0, 0.1) is 0 Å². The Labute approximate surface area is 236 Å². The summed E-state index contributed by atoms with van der Waals surface area (Å²) in [5.74, 6) is -0.00512. The first-order chi connectivity index (χ1) is 19.4. The van der Waals surface area contributed by atoms with Gasteiger partial charge in [-0.05, 0) is 57.0 Å². The SMILES string of the molecule is COc1cc(NC(=O)N[C@@H]2CC[C@@]3(c4ccc(OC)c(OC)c4)CCN(C)[C@H]3C2)cc(OC)c1.O=C(O)C(F)(F)F. The largest absolute Gasteiger partial charge is 0.497 e. The van der Waals surface area contributed by atoms with Gasteiger partial charge in [0.15, 0.2) is 11.5 Å². The maximum absolute atomic E-state index is 12.8. The van der Waals surface area contributed by atoms with Gasteiger partial charge in [0.2, 0.25) is 0 Å². The summed E-state index contributed by atoms with van der Waals surface area (Å²) in [6.45, 7) is 1.03. The molecule has 1 aliphatic carbocycles. The molecule has 41 heavy (non-hydrogen) atoms. The van der Waals surface area contributed by atoms with E-state index in [1.54, 1.807) is 46.6 Å². The van der Waals surface area contributed by atoms with E-state index >= 15 is 0 Å². The molecule has 226 valence electrons. The summed E-state index contributed by atoms with van der Waals surface area (Å²) in [6, 6.07) is 11.8. The molecule has 3 atom stereocenters. The number of fused-ring (bicyclic) bond motifs is 1. The first-order valence-electron chi connectivity index (χ1n) is 12.9. The van der Waals surface area contributed by atoms with Crippen LogP contribution in [0.2, 0.25) is 0 Å². The van der Waals surface area contributed by atoms with Crippen molar-refractivity contribution in [1.29, 1.82) is 0 Å². The molecule has 0 spiro atoms. The van der Waals surface area contributed by atoms with Gasteiger partial charge < -0.3 is 39.6 Å². The molecule has 2 aromatic rings. The zero-order valence-corrected chi connectivity index (χ0v) is 23.6. The number of alkyl halides is 3. The van der Waals surface area contributed by atoms with E-state index in [-0.39, 0.29) is 17.5 Å². The lowest BCUT2D eigenvalue weighted by Crippen LogP contribution is -2.52. The van der Waals surface area contributed by atoms with E-state index in [0.717, 1.165) is 43.7 Å². The van der Waals surface area contributed by atoms with Gasteiger partial charge >= 0.3 is 18.2 Å². The minimum atomic E-state index is -5.08. The van der Waals surface area contributed by atoms with Gasteiger partial charge in [-0.3, -0.25) is 0 Å². The number of carbonyl (C=O) groups is 2. The summed E-state index contributed by atoms with van der Waals surface area (Å²) in [7, 11) is 8.69. The summed E-state index contributed by atoms with van der Waals surface area (Å²) in [5, 5.41) is 13.2. The Kier molecular flexibility index (Phi) is 10.2. The highest BCUT2D eigenvalue weighted by molar-refractivity contribution is 5.90. The Morgan fingerprint density at radius 1 is 0.951 bits per heavy atom. The Hall–Kier alpha value is -3.87. The van der Waals surface area contributed by atoms with Crippen LogP contribution in [-0.4, -0.2) is 82.3 Å². The number of carbonyl (C=O) groups excluding carboxylic acids is 1. The van der Waals surface area contributed by atoms with Gasteiger partial charge in [0, 0.05) is 41.4 Å². The highest BCUT2D eigenvalue weighted by atomic mass is 19.4. The monoisotopic (exact) mass is 583 g/mol. The van der Waals surface area contributed by atoms with Crippen LogP contribution < -0.4 is 29.6 Å². The normalized spacial score (nSPS) is 22.0. The van der Waals surface area contributed by atoms with E-state index in [0.29, 0.717) is 23.2 Å². The second-order valence-corrected chi connectivity index (χ2v) is 9.95. The molecule has 0 bridgehead atoms. The number of benzene rings is 2. The van der Waals surface area contributed by atoms with Crippen LogP contribution in [0.25, 0.3) is 0 Å². The molecule has 1 saturated carbocycles. The smallest absolute Gasteiger partial charge is 0.490 e. The van der Waals surface area contributed by atoms with E-state index < -0.39 is 12.1 Å². The molecule has 2 aromatic carbocycles. The predicted octanol–water partition coefficient (Wildman–Crippen LogP) is 4.67. The summed E-state index contributed by atoms with van der Waals surface area (Å²) in [4.78, 5) is 24.1. The number of carboxylic acids is 1. The van der Waals surface area contributed by atoms with E-state index in [2.05, 4.69) is 34.7 Å². The molecular weight excluding hydrogens is 547 g/mol. The molecule has 0 aromatic heterocycles. The van der Waals surface area contributed by atoms with Crippen molar-refractivity contribution in [2.75, 3.05) is 47.3 Å². The number of methoxy groups -OCH3 is 4. The number of likely N-dealkylation sites (tertiary alicyclic amines) is 1. The average Bonchev–Trinajstić information content (AvgIpc) is 3.28. The molecule has 1 saturated heterocycles. The first kappa shape index (κ1) is 31.7. The molecule has 0 unspecified atom stereocenters. The Balaban J connectivity index is 0.000000587. The molecule has 0 radical (unpaired) electrons. The van der Waals surface area contributed by atoms with Crippen molar-refractivity contribution < 1.29 is 46.8 Å². The zero-order chi connectivity index (χ0) is 30.4. The number of hydrogen-bond acceptors (Lipinski definition) is 7. The lowest BCUT2D eigenvalue weighted by Gasteiger charge is -2.45. The van der Waals surface area contributed by atoms with Crippen LogP contribution in [0.3, 0.4) is 0 Å². The number of anilines is 1. The van der Waals surface area contributed by atoms with Crippen LogP contribution >= 0.6 is 0 Å². The number of amides is 2. The van der Waals surface area contributed by atoms with Gasteiger partial charge in [0.1, 0.15) is 11.5 Å². The molecule has 2 fully saturated rings. The predicted molar refractivity (Wildman–Crippen MR) is 145 cm³/mol. The molecular formula is C28H36F3N3O7. The van der Waals surface area contributed by atoms with Crippen molar-refractivity contribution in [2.45, 2.75) is 49.4 Å². The van der Waals surface area contributed by atoms with Crippen molar-refractivity contribution in [2.24, 2.45) is 0 Å². The van der Waals surface area contributed by atoms with Gasteiger partial charge in [-0.2, -0.15) is 13.2 Å². The fourth-order valence-corrected chi connectivity index (χ4v) is 5.63. The van der Waals surface area contributed by atoms with Crippen molar-refractivity contribution in [1.82, 2.24) is 10.2 Å². The van der Waals surface area contributed by atoms with Crippen molar-refractivity contribution in [3.05, 3.63) is 42.0 Å². The fraction of sp³-hybridized carbons (Fsp3) is 0.500. The Morgan fingerprint density at radius 3 is 2.10 bits per heavy atom. The lowest BCUT2D eigenvalue weighted by molar-refractivity contribution is -0.192. The number of carboxylic acid groups (broad SMARTS) is 1. The number of halogens is 3. The molecule has 2 amide bonds. The third-order valence-corrected chi connectivity index (χ3v) is 7.67. The van der Waals surface area contributed by atoms with Crippen LogP contribution in [0.4, 0.5) is 23.7 Å². The minimum Gasteiger partial charge on any atom is -0.497 e. The van der Waals surface area contributed by atoms with Crippen molar-refractivity contribution in [3.63, 3.8) is 0 Å². The Morgan fingerprint density at radius 2 is 1.56 bits per heavy atom. The molecule has 13 heteroatoms. The summed E-state index contributed by atoms with van der Waals surface area (Å²) >= 11 is 0. The number of ether oxygens (including phenoxy) is 4. The van der Waals surface area contributed by atoms with Gasteiger partial charge in [-0.1, -0.05) is 6.07 Å². The van der Waals surface area contributed by atoms with Gasteiger partial charge in [-0.15, -0.1) is 0 Å². The summed E-state index contributed by atoms with van der Waals surface area (Å²) in [6.07, 6.45) is -1.20. The van der Waals surface area contributed by atoms with Crippen molar-refractivity contribution in [3.8, 4) is 23.0 Å². The third-order valence-electron chi connectivity index (χ3n) is 7.67. The molecule has 10 nitrogen and oxygen atoms in total.